The van der Waals surface area contributed by atoms with Gasteiger partial charge in [0.25, 0.3) is 5.69 Å². The number of piperidine rings is 1. The van der Waals surface area contributed by atoms with Crippen molar-refractivity contribution in [2.75, 3.05) is 56.0 Å². The minimum Gasteiger partial charge on any atom is -0.382 e. The van der Waals surface area contributed by atoms with Gasteiger partial charge in [-0.1, -0.05) is 0 Å². The van der Waals surface area contributed by atoms with Crippen molar-refractivity contribution in [3.8, 4) is 0 Å². The SMILES string of the molecule is O=[N+]([O-])c1ccc(NC2CCN(C(O)CCCN3CCCN(c4ccc(C(F)(F)F)cc4)CC3)CC2)cc1C(F)(F)F. The van der Waals surface area contributed by atoms with E-state index < -0.39 is 40.3 Å². The summed E-state index contributed by atoms with van der Waals surface area (Å²) in [6.45, 7) is 5.00. The Morgan fingerprint density at radius 2 is 1.62 bits per heavy atom. The highest BCUT2D eigenvalue weighted by Crippen LogP contribution is 2.38. The highest BCUT2D eigenvalue weighted by Gasteiger charge is 2.38. The first-order valence-corrected chi connectivity index (χ1v) is 14.0. The van der Waals surface area contributed by atoms with Gasteiger partial charge in [0.15, 0.2) is 0 Å². The van der Waals surface area contributed by atoms with E-state index in [1.54, 1.807) is 0 Å². The van der Waals surface area contributed by atoms with Crippen LogP contribution in [0.15, 0.2) is 42.5 Å². The Morgan fingerprint density at radius 1 is 0.929 bits per heavy atom. The largest absolute Gasteiger partial charge is 0.423 e. The molecule has 2 N–H and O–H groups in total. The second-order valence-corrected chi connectivity index (χ2v) is 10.8. The van der Waals surface area contributed by atoms with Crippen LogP contribution in [0.1, 0.15) is 43.2 Å². The lowest BCUT2D eigenvalue weighted by molar-refractivity contribution is -0.388. The van der Waals surface area contributed by atoms with Crippen LogP contribution in [0.2, 0.25) is 0 Å². The summed E-state index contributed by atoms with van der Waals surface area (Å²) in [5.74, 6) is 0. The molecule has 1 atom stereocenters. The number of hydrogen-bond donors (Lipinski definition) is 2. The molecule has 2 aromatic rings. The van der Waals surface area contributed by atoms with E-state index >= 15 is 0 Å². The Hall–Kier alpha value is -3.10. The summed E-state index contributed by atoms with van der Waals surface area (Å²) in [7, 11) is 0. The topological polar surface area (TPSA) is 85.1 Å². The van der Waals surface area contributed by atoms with Crippen LogP contribution in [-0.2, 0) is 12.4 Å². The van der Waals surface area contributed by atoms with Crippen LogP contribution in [0.3, 0.4) is 0 Å². The number of anilines is 2. The average molecular weight is 604 g/mol. The molecular weight excluding hydrogens is 568 g/mol. The predicted octanol–water partition coefficient (Wildman–Crippen LogP) is 5.82. The summed E-state index contributed by atoms with van der Waals surface area (Å²) in [5.41, 5.74) is -2.00. The normalized spacial score (nSPS) is 19.0. The first kappa shape index (κ1) is 31.8. The van der Waals surface area contributed by atoms with Crippen molar-refractivity contribution in [1.29, 1.82) is 0 Å². The molecule has 42 heavy (non-hydrogen) atoms. The van der Waals surface area contributed by atoms with E-state index in [2.05, 4.69) is 15.1 Å². The molecule has 8 nitrogen and oxygen atoms in total. The van der Waals surface area contributed by atoms with Crippen LogP contribution >= 0.6 is 0 Å². The smallest absolute Gasteiger partial charge is 0.382 e. The number of nitro groups is 1. The molecule has 2 aliphatic rings. The number of benzene rings is 2. The monoisotopic (exact) mass is 603 g/mol. The molecule has 14 heteroatoms. The summed E-state index contributed by atoms with van der Waals surface area (Å²) in [6.07, 6.45) is -6.43. The Morgan fingerprint density at radius 3 is 2.24 bits per heavy atom. The van der Waals surface area contributed by atoms with Gasteiger partial charge in [-0.25, -0.2) is 0 Å². The van der Waals surface area contributed by atoms with Crippen LogP contribution in [0.5, 0.6) is 0 Å². The molecule has 1 unspecified atom stereocenters. The molecule has 0 spiro atoms. The van der Waals surface area contributed by atoms with Crippen molar-refractivity contribution < 1.29 is 36.4 Å². The van der Waals surface area contributed by atoms with E-state index in [9.17, 15) is 41.6 Å². The van der Waals surface area contributed by atoms with Crippen molar-refractivity contribution in [3.05, 3.63) is 63.7 Å². The van der Waals surface area contributed by atoms with Crippen molar-refractivity contribution in [1.82, 2.24) is 9.80 Å². The van der Waals surface area contributed by atoms with Crippen molar-refractivity contribution >= 4 is 17.1 Å². The fraction of sp³-hybridized carbons (Fsp3) is 0.571. The number of halogens is 6. The minimum atomic E-state index is -4.84. The number of likely N-dealkylation sites (tertiary alicyclic amines) is 1. The van der Waals surface area contributed by atoms with E-state index in [1.807, 2.05) is 4.90 Å². The van der Waals surface area contributed by atoms with Crippen molar-refractivity contribution in [3.63, 3.8) is 0 Å². The zero-order chi connectivity index (χ0) is 30.5. The maximum atomic E-state index is 13.3. The van der Waals surface area contributed by atoms with Crippen LogP contribution in [0.25, 0.3) is 0 Å². The summed E-state index contributed by atoms with van der Waals surface area (Å²) in [4.78, 5) is 16.3. The van der Waals surface area contributed by atoms with E-state index in [4.69, 9.17) is 0 Å². The van der Waals surface area contributed by atoms with Gasteiger partial charge < -0.3 is 20.2 Å². The van der Waals surface area contributed by atoms with Gasteiger partial charge in [-0.05, 0) is 81.6 Å². The zero-order valence-electron chi connectivity index (χ0n) is 23.0. The van der Waals surface area contributed by atoms with Crippen LogP contribution < -0.4 is 10.2 Å². The Labute approximate surface area is 240 Å². The maximum Gasteiger partial charge on any atom is 0.423 e. The van der Waals surface area contributed by atoms with Gasteiger partial charge in [0, 0.05) is 56.2 Å². The van der Waals surface area contributed by atoms with Gasteiger partial charge in [0.2, 0.25) is 0 Å². The Balaban J connectivity index is 1.18. The first-order chi connectivity index (χ1) is 19.8. The number of nitrogens with zero attached hydrogens (tertiary/aromatic N) is 4. The Kier molecular flexibility index (Phi) is 10.2. The number of nitro benzene ring substituents is 1. The summed E-state index contributed by atoms with van der Waals surface area (Å²) < 4.78 is 78.4. The average Bonchev–Trinajstić information content (AvgIpc) is 3.18. The molecule has 0 bridgehead atoms. The number of rotatable bonds is 9. The lowest BCUT2D eigenvalue weighted by Gasteiger charge is -2.36. The molecule has 2 heterocycles. The fourth-order valence-electron chi connectivity index (χ4n) is 5.58. The van der Waals surface area contributed by atoms with Crippen molar-refractivity contribution in [2.45, 2.75) is 56.7 Å². The van der Waals surface area contributed by atoms with E-state index in [0.717, 1.165) is 69.0 Å². The van der Waals surface area contributed by atoms with Gasteiger partial charge in [-0.2, -0.15) is 26.3 Å². The molecule has 0 amide bonds. The molecule has 2 saturated heterocycles. The minimum absolute atomic E-state index is 0.124. The number of alkyl halides is 6. The molecular formula is C28H35F6N5O3. The third-order valence-electron chi connectivity index (χ3n) is 7.91. The molecule has 0 aromatic heterocycles. The van der Waals surface area contributed by atoms with Gasteiger partial charge in [0.1, 0.15) is 11.8 Å². The zero-order valence-corrected chi connectivity index (χ0v) is 23.0. The standard InChI is InChI=1S/C28H35F6N5O3/c29-27(30,31)20-4-7-23(8-5-20)37-14-2-13-36(17-18-37)12-1-3-26(40)38-15-10-21(11-16-38)35-22-6-9-25(39(41)42)24(19-22)28(32,33)34/h4-9,19,21,26,35,40H,1-3,10-18H2. The predicted molar refractivity (Wildman–Crippen MR) is 146 cm³/mol. The fourth-order valence-corrected chi connectivity index (χ4v) is 5.58. The second-order valence-electron chi connectivity index (χ2n) is 10.8. The highest BCUT2D eigenvalue weighted by molar-refractivity contribution is 5.55. The number of hydrogen-bond acceptors (Lipinski definition) is 7. The lowest BCUT2D eigenvalue weighted by Crippen LogP contribution is -2.44. The molecule has 0 aliphatic carbocycles. The molecule has 4 rings (SSSR count). The van der Waals surface area contributed by atoms with Gasteiger partial charge in [-0.15, -0.1) is 0 Å². The van der Waals surface area contributed by atoms with Crippen LogP contribution in [0.4, 0.5) is 43.4 Å². The molecule has 2 aromatic carbocycles. The second kappa shape index (κ2) is 13.5. The molecule has 2 aliphatic heterocycles. The summed E-state index contributed by atoms with van der Waals surface area (Å²) in [5, 5.41) is 24.7. The van der Waals surface area contributed by atoms with E-state index in [-0.39, 0.29) is 11.7 Å². The molecule has 0 saturated carbocycles. The van der Waals surface area contributed by atoms with Crippen LogP contribution in [0, 0.1) is 10.1 Å². The number of aliphatic hydroxyl groups is 1. The quantitative estimate of drug-likeness (QED) is 0.212. The molecule has 232 valence electrons. The third kappa shape index (κ3) is 8.48. The van der Waals surface area contributed by atoms with Gasteiger partial charge >= 0.3 is 12.4 Å². The number of nitrogens with one attached hydrogen (secondary N) is 1. The lowest BCUT2D eigenvalue weighted by atomic mass is 10.0. The summed E-state index contributed by atoms with van der Waals surface area (Å²) >= 11 is 0. The highest BCUT2D eigenvalue weighted by atomic mass is 19.4. The molecule has 2 fully saturated rings. The summed E-state index contributed by atoms with van der Waals surface area (Å²) in [6, 6.07) is 8.03. The van der Waals surface area contributed by atoms with Gasteiger partial charge in [0.05, 0.1) is 10.5 Å². The maximum absolute atomic E-state index is 13.3. The van der Waals surface area contributed by atoms with E-state index in [1.165, 1.54) is 18.2 Å². The van der Waals surface area contributed by atoms with Gasteiger partial charge in [-0.3, -0.25) is 15.0 Å². The number of aliphatic hydroxyl groups excluding tert-OH is 1. The van der Waals surface area contributed by atoms with E-state index in [0.29, 0.717) is 38.9 Å². The Bertz CT molecular complexity index is 1190. The van der Waals surface area contributed by atoms with Crippen molar-refractivity contribution in [2.24, 2.45) is 0 Å². The third-order valence-corrected chi connectivity index (χ3v) is 7.91. The first-order valence-electron chi connectivity index (χ1n) is 14.0. The van der Waals surface area contributed by atoms with Crippen LogP contribution in [-0.4, -0.2) is 77.9 Å². The molecule has 0 radical (unpaired) electrons.